The van der Waals surface area contributed by atoms with E-state index >= 15 is 0 Å². The minimum Gasteiger partial charge on any atom is -0.478 e. The summed E-state index contributed by atoms with van der Waals surface area (Å²) in [6.07, 6.45) is 0. The van der Waals surface area contributed by atoms with Crippen molar-refractivity contribution in [2.75, 3.05) is 5.32 Å². The minimum absolute atomic E-state index is 0.293. The Balaban J connectivity index is 2.07. The number of nitrogens with one attached hydrogen (secondary N) is 1. The second kappa shape index (κ2) is 5.76. The lowest BCUT2D eigenvalue weighted by atomic mass is 10.1. The number of halogens is 1. The summed E-state index contributed by atoms with van der Waals surface area (Å²) in [6.45, 7) is 2.50. The molecule has 19 heavy (non-hydrogen) atoms. The molecule has 0 saturated carbocycles. The van der Waals surface area contributed by atoms with Gasteiger partial charge < -0.3 is 10.4 Å². The van der Waals surface area contributed by atoms with Gasteiger partial charge >= 0.3 is 5.97 Å². The number of benzene rings is 2. The number of aryl methyl sites for hydroxylation is 1. The third-order valence-electron chi connectivity index (χ3n) is 2.84. The largest absolute Gasteiger partial charge is 0.478 e. The average Bonchev–Trinajstić information content (AvgIpc) is 2.40. The maximum Gasteiger partial charge on any atom is 0.335 e. The molecule has 0 saturated heterocycles. The summed E-state index contributed by atoms with van der Waals surface area (Å²) in [5.41, 5.74) is 3.15. The van der Waals surface area contributed by atoms with Gasteiger partial charge in [-0.25, -0.2) is 4.79 Å². The molecule has 0 unspecified atom stereocenters. The maximum absolute atomic E-state index is 10.9. The van der Waals surface area contributed by atoms with Crippen LogP contribution in [0.1, 0.15) is 21.5 Å². The van der Waals surface area contributed by atoms with Crippen LogP contribution in [-0.4, -0.2) is 11.1 Å². The fourth-order valence-electron chi connectivity index (χ4n) is 1.72. The quantitative estimate of drug-likeness (QED) is 0.888. The van der Waals surface area contributed by atoms with Crippen LogP contribution in [0.2, 0.25) is 5.02 Å². The van der Waals surface area contributed by atoms with E-state index < -0.39 is 5.97 Å². The molecule has 0 heterocycles. The van der Waals surface area contributed by atoms with Crippen LogP contribution in [0.3, 0.4) is 0 Å². The van der Waals surface area contributed by atoms with Crippen molar-refractivity contribution in [2.24, 2.45) is 0 Å². The Hall–Kier alpha value is -2.00. The molecule has 0 amide bonds. The van der Waals surface area contributed by atoms with Gasteiger partial charge in [0, 0.05) is 17.3 Å². The molecule has 2 aromatic rings. The zero-order valence-electron chi connectivity index (χ0n) is 10.5. The predicted molar refractivity (Wildman–Crippen MR) is 76.9 cm³/mol. The van der Waals surface area contributed by atoms with E-state index in [-0.39, 0.29) is 0 Å². The summed E-state index contributed by atoms with van der Waals surface area (Å²) < 4.78 is 0. The maximum atomic E-state index is 10.9. The first-order valence-electron chi connectivity index (χ1n) is 5.88. The summed E-state index contributed by atoms with van der Waals surface area (Å²) in [5.74, 6) is -0.916. The van der Waals surface area contributed by atoms with Crippen LogP contribution in [0.15, 0.2) is 42.5 Å². The van der Waals surface area contributed by atoms with Gasteiger partial charge in [-0.15, -0.1) is 0 Å². The van der Waals surface area contributed by atoms with E-state index in [1.807, 2.05) is 31.2 Å². The summed E-state index contributed by atoms with van der Waals surface area (Å²) in [4.78, 5) is 10.9. The Morgan fingerprint density at radius 2 is 2.05 bits per heavy atom. The first-order valence-corrected chi connectivity index (χ1v) is 6.26. The standard InChI is InChI=1S/C15H14ClNO2/c1-10-5-6-13(8-14(10)16)17-9-11-3-2-4-12(7-11)15(18)19/h2-8,17H,9H2,1H3,(H,18,19). The van der Waals surface area contributed by atoms with E-state index in [2.05, 4.69) is 5.32 Å². The smallest absolute Gasteiger partial charge is 0.335 e. The molecule has 0 atom stereocenters. The molecular formula is C15H14ClNO2. The first kappa shape index (κ1) is 13.4. The van der Waals surface area contributed by atoms with Crippen LogP contribution in [0.4, 0.5) is 5.69 Å². The topological polar surface area (TPSA) is 49.3 Å². The Morgan fingerprint density at radius 1 is 1.26 bits per heavy atom. The fraction of sp³-hybridized carbons (Fsp3) is 0.133. The van der Waals surface area contributed by atoms with Gasteiger partial charge in [0.05, 0.1) is 5.56 Å². The third-order valence-corrected chi connectivity index (χ3v) is 3.25. The van der Waals surface area contributed by atoms with Gasteiger partial charge in [-0.2, -0.15) is 0 Å². The van der Waals surface area contributed by atoms with Crippen molar-refractivity contribution in [3.05, 3.63) is 64.2 Å². The van der Waals surface area contributed by atoms with E-state index in [0.717, 1.165) is 16.8 Å². The van der Waals surface area contributed by atoms with Crippen LogP contribution in [0, 0.1) is 6.92 Å². The van der Waals surface area contributed by atoms with Crippen molar-refractivity contribution in [2.45, 2.75) is 13.5 Å². The van der Waals surface area contributed by atoms with Crippen molar-refractivity contribution < 1.29 is 9.90 Å². The van der Waals surface area contributed by atoms with Crippen LogP contribution in [0.25, 0.3) is 0 Å². The molecule has 4 heteroatoms. The van der Waals surface area contributed by atoms with Gasteiger partial charge in [-0.3, -0.25) is 0 Å². The summed E-state index contributed by atoms with van der Waals surface area (Å²) >= 11 is 6.04. The average molecular weight is 276 g/mol. The third kappa shape index (κ3) is 3.48. The Morgan fingerprint density at radius 3 is 2.74 bits per heavy atom. The molecular weight excluding hydrogens is 262 g/mol. The number of anilines is 1. The number of rotatable bonds is 4. The van der Waals surface area contributed by atoms with Gasteiger partial charge in [0.25, 0.3) is 0 Å². The normalized spacial score (nSPS) is 10.2. The summed E-state index contributed by atoms with van der Waals surface area (Å²) in [7, 11) is 0. The molecule has 2 aromatic carbocycles. The van der Waals surface area contributed by atoms with Crippen molar-refractivity contribution in [1.29, 1.82) is 0 Å². The Bertz CT molecular complexity index is 611. The lowest BCUT2D eigenvalue weighted by Crippen LogP contribution is -2.02. The second-order valence-electron chi connectivity index (χ2n) is 4.32. The van der Waals surface area contributed by atoms with Crippen molar-refractivity contribution in [3.63, 3.8) is 0 Å². The molecule has 0 aliphatic rings. The van der Waals surface area contributed by atoms with Crippen molar-refractivity contribution in [1.82, 2.24) is 0 Å². The minimum atomic E-state index is -0.916. The Kier molecular flexibility index (Phi) is 4.07. The number of hydrogen-bond acceptors (Lipinski definition) is 2. The molecule has 2 rings (SSSR count). The second-order valence-corrected chi connectivity index (χ2v) is 4.73. The van der Waals surface area contributed by atoms with E-state index in [9.17, 15) is 4.79 Å². The number of carboxylic acid groups (broad SMARTS) is 1. The SMILES string of the molecule is Cc1ccc(NCc2cccc(C(=O)O)c2)cc1Cl. The van der Waals surface area contributed by atoms with E-state index in [4.69, 9.17) is 16.7 Å². The zero-order chi connectivity index (χ0) is 13.8. The van der Waals surface area contributed by atoms with E-state index in [1.165, 1.54) is 0 Å². The van der Waals surface area contributed by atoms with Gasteiger partial charge in [-0.1, -0.05) is 29.8 Å². The lowest BCUT2D eigenvalue weighted by Gasteiger charge is -2.08. The van der Waals surface area contributed by atoms with Crippen LogP contribution in [0.5, 0.6) is 0 Å². The summed E-state index contributed by atoms with van der Waals surface area (Å²) in [6, 6.07) is 12.6. The lowest BCUT2D eigenvalue weighted by molar-refractivity contribution is 0.0697. The van der Waals surface area contributed by atoms with Gasteiger partial charge in [0.1, 0.15) is 0 Å². The van der Waals surface area contributed by atoms with E-state index in [1.54, 1.807) is 18.2 Å². The fourth-order valence-corrected chi connectivity index (χ4v) is 1.90. The van der Waals surface area contributed by atoms with Crippen molar-refractivity contribution >= 4 is 23.3 Å². The zero-order valence-corrected chi connectivity index (χ0v) is 11.2. The molecule has 3 nitrogen and oxygen atoms in total. The highest BCUT2D eigenvalue weighted by atomic mass is 35.5. The van der Waals surface area contributed by atoms with Crippen LogP contribution in [-0.2, 0) is 6.54 Å². The summed E-state index contributed by atoms with van der Waals surface area (Å²) in [5, 5.41) is 12.9. The number of carbonyl (C=O) groups is 1. The molecule has 2 N–H and O–H groups in total. The molecule has 0 bridgehead atoms. The molecule has 0 aliphatic heterocycles. The highest BCUT2D eigenvalue weighted by Gasteiger charge is 2.03. The van der Waals surface area contributed by atoms with Crippen LogP contribution < -0.4 is 5.32 Å². The van der Waals surface area contributed by atoms with Gasteiger partial charge in [0.15, 0.2) is 0 Å². The number of aromatic carboxylic acids is 1. The molecule has 0 aliphatic carbocycles. The predicted octanol–water partition coefficient (Wildman–Crippen LogP) is 3.96. The highest BCUT2D eigenvalue weighted by Crippen LogP contribution is 2.20. The molecule has 0 spiro atoms. The van der Waals surface area contributed by atoms with Gasteiger partial charge in [0.2, 0.25) is 0 Å². The molecule has 0 fully saturated rings. The first-order chi connectivity index (χ1) is 9.06. The molecule has 0 radical (unpaired) electrons. The number of carboxylic acids is 1. The monoisotopic (exact) mass is 275 g/mol. The Labute approximate surface area is 116 Å². The van der Waals surface area contributed by atoms with Crippen LogP contribution >= 0.6 is 11.6 Å². The molecule has 98 valence electrons. The molecule has 0 aromatic heterocycles. The van der Waals surface area contributed by atoms with E-state index in [0.29, 0.717) is 17.1 Å². The van der Waals surface area contributed by atoms with Crippen molar-refractivity contribution in [3.8, 4) is 0 Å². The number of hydrogen-bond donors (Lipinski definition) is 2. The highest BCUT2D eigenvalue weighted by molar-refractivity contribution is 6.31. The van der Waals surface area contributed by atoms with Gasteiger partial charge in [-0.05, 0) is 42.3 Å².